The Bertz CT molecular complexity index is 414. The van der Waals surface area contributed by atoms with Crippen LogP contribution in [0, 0.1) is 0 Å². The van der Waals surface area contributed by atoms with E-state index in [2.05, 4.69) is 17.3 Å². The minimum absolute atomic E-state index is 0.0251. The third kappa shape index (κ3) is 4.49. The standard InChI is InChI=1S/C13H24N4O/c1-11(14-2)7-5-6-8-17-13(18)9-12(10-15-17)16(3)4/h9-11,14H,5-8H2,1-4H3. The molecule has 1 rings (SSSR count). The Morgan fingerprint density at radius 1 is 1.44 bits per heavy atom. The summed E-state index contributed by atoms with van der Waals surface area (Å²) in [6, 6.07) is 2.16. The molecular weight excluding hydrogens is 228 g/mol. The highest BCUT2D eigenvalue weighted by Crippen LogP contribution is 2.05. The number of unbranched alkanes of at least 4 members (excludes halogenated alkanes) is 1. The van der Waals surface area contributed by atoms with Crippen LogP contribution in [0.3, 0.4) is 0 Å². The van der Waals surface area contributed by atoms with Crippen molar-refractivity contribution in [1.82, 2.24) is 15.1 Å². The zero-order valence-corrected chi connectivity index (χ0v) is 11.8. The van der Waals surface area contributed by atoms with Crippen LogP contribution >= 0.6 is 0 Å². The van der Waals surface area contributed by atoms with Crippen molar-refractivity contribution in [3.63, 3.8) is 0 Å². The maximum absolute atomic E-state index is 11.8. The predicted molar refractivity (Wildman–Crippen MR) is 75.2 cm³/mol. The summed E-state index contributed by atoms with van der Waals surface area (Å²) in [6.07, 6.45) is 4.95. The van der Waals surface area contributed by atoms with Gasteiger partial charge in [0.05, 0.1) is 11.9 Å². The van der Waals surface area contributed by atoms with Crippen molar-refractivity contribution in [2.24, 2.45) is 0 Å². The fourth-order valence-corrected chi connectivity index (χ4v) is 1.69. The van der Waals surface area contributed by atoms with Gasteiger partial charge < -0.3 is 10.2 Å². The minimum Gasteiger partial charge on any atom is -0.376 e. The molecule has 102 valence electrons. The summed E-state index contributed by atoms with van der Waals surface area (Å²) in [5.74, 6) is 0. The largest absolute Gasteiger partial charge is 0.376 e. The average Bonchev–Trinajstić information content (AvgIpc) is 2.35. The van der Waals surface area contributed by atoms with Gasteiger partial charge in [0.2, 0.25) is 0 Å². The molecule has 5 nitrogen and oxygen atoms in total. The number of rotatable bonds is 7. The molecule has 0 saturated carbocycles. The summed E-state index contributed by atoms with van der Waals surface area (Å²) in [4.78, 5) is 13.7. The van der Waals surface area contributed by atoms with Gasteiger partial charge in [0.15, 0.2) is 0 Å². The zero-order valence-electron chi connectivity index (χ0n) is 11.8. The van der Waals surface area contributed by atoms with Gasteiger partial charge in [-0.3, -0.25) is 4.79 Å². The second-order valence-corrected chi connectivity index (χ2v) is 4.86. The molecule has 5 heteroatoms. The van der Waals surface area contributed by atoms with Crippen molar-refractivity contribution in [2.75, 3.05) is 26.0 Å². The summed E-state index contributed by atoms with van der Waals surface area (Å²) < 4.78 is 1.54. The van der Waals surface area contributed by atoms with E-state index < -0.39 is 0 Å². The van der Waals surface area contributed by atoms with Gasteiger partial charge in [0, 0.05) is 32.7 Å². The third-order valence-corrected chi connectivity index (χ3v) is 3.12. The molecular formula is C13H24N4O. The van der Waals surface area contributed by atoms with Crippen LogP contribution < -0.4 is 15.8 Å². The van der Waals surface area contributed by atoms with Gasteiger partial charge in [-0.25, -0.2) is 4.68 Å². The first-order valence-electron chi connectivity index (χ1n) is 6.46. The number of aromatic nitrogens is 2. The number of anilines is 1. The van der Waals surface area contributed by atoms with E-state index >= 15 is 0 Å². The summed E-state index contributed by atoms with van der Waals surface area (Å²) in [7, 11) is 5.77. The maximum atomic E-state index is 11.8. The zero-order chi connectivity index (χ0) is 13.5. The Morgan fingerprint density at radius 3 is 2.72 bits per heavy atom. The quantitative estimate of drug-likeness (QED) is 0.738. The maximum Gasteiger partial charge on any atom is 0.268 e. The number of nitrogens with one attached hydrogen (secondary N) is 1. The summed E-state index contributed by atoms with van der Waals surface area (Å²) in [6.45, 7) is 2.86. The van der Waals surface area contributed by atoms with Crippen LogP contribution in [-0.2, 0) is 6.54 Å². The lowest BCUT2D eigenvalue weighted by Gasteiger charge is -2.13. The van der Waals surface area contributed by atoms with Crippen molar-refractivity contribution in [1.29, 1.82) is 0 Å². The Labute approximate surface area is 109 Å². The topological polar surface area (TPSA) is 50.2 Å². The predicted octanol–water partition coefficient (Wildman–Crippen LogP) is 1.09. The lowest BCUT2D eigenvalue weighted by molar-refractivity contribution is 0.480. The van der Waals surface area contributed by atoms with Gasteiger partial charge in [-0.15, -0.1) is 0 Å². The van der Waals surface area contributed by atoms with E-state index in [1.807, 2.05) is 26.0 Å². The second kappa shape index (κ2) is 7.16. The van der Waals surface area contributed by atoms with Crippen molar-refractivity contribution in [3.05, 3.63) is 22.6 Å². The van der Waals surface area contributed by atoms with Crippen LogP contribution in [0.4, 0.5) is 5.69 Å². The molecule has 1 N–H and O–H groups in total. The molecule has 0 radical (unpaired) electrons. The van der Waals surface area contributed by atoms with Crippen LogP contribution in [0.5, 0.6) is 0 Å². The molecule has 1 aromatic rings. The minimum atomic E-state index is -0.0251. The molecule has 18 heavy (non-hydrogen) atoms. The van der Waals surface area contributed by atoms with Crippen LogP contribution in [0.1, 0.15) is 26.2 Å². The Hall–Kier alpha value is -1.36. The Morgan fingerprint density at radius 2 is 2.17 bits per heavy atom. The lowest BCUT2D eigenvalue weighted by Crippen LogP contribution is -2.25. The highest BCUT2D eigenvalue weighted by atomic mass is 16.1. The first kappa shape index (κ1) is 14.7. The van der Waals surface area contributed by atoms with Crippen molar-refractivity contribution >= 4 is 5.69 Å². The van der Waals surface area contributed by atoms with E-state index in [1.54, 1.807) is 12.3 Å². The van der Waals surface area contributed by atoms with Crippen molar-refractivity contribution in [3.8, 4) is 0 Å². The number of hydrogen-bond acceptors (Lipinski definition) is 4. The molecule has 1 unspecified atom stereocenters. The molecule has 0 aliphatic heterocycles. The van der Waals surface area contributed by atoms with Gasteiger partial charge in [-0.2, -0.15) is 5.10 Å². The molecule has 1 aromatic heterocycles. The van der Waals surface area contributed by atoms with Gasteiger partial charge >= 0.3 is 0 Å². The Kier molecular flexibility index (Phi) is 5.85. The molecule has 1 heterocycles. The average molecular weight is 252 g/mol. The van der Waals surface area contributed by atoms with Crippen molar-refractivity contribution in [2.45, 2.75) is 38.8 Å². The second-order valence-electron chi connectivity index (χ2n) is 4.86. The molecule has 1 atom stereocenters. The fourth-order valence-electron chi connectivity index (χ4n) is 1.69. The fraction of sp³-hybridized carbons (Fsp3) is 0.692. The molecule has 0 bridgehead atoms. The van der Waals surface area contributed by atoms with Gasteiger partial charge in [0.1, 0.15) is 0 Å². The third-order valence-electron chi connectivity index (χ3n) is 3.12. The van der Waals surface area contributed by atoms with Crippen LogP contribution in [0.2, 0.25) is 0 Å². The van der Waals surface area contributed by atoms with E-state index in [0.29, 0.717) is 12.6 Å². The number of aryl methyl sites for hydroxylation is 1. The molecule has 0 aliphatic carbocycles. The molecule has 0 aliphatic rings. The van der Waals surface area contributed by atoms with Crippen LogP contribution in [0.15, 0.2) is 17.1 Å². The first-order valence-corrected chi connectivity index (χ1v) is 6.46. The monoisotopic (exact) mass is 252 g/mol. The molecule has 0 aromatic carbocycles. The summed E-state index contributed by atoms with van der Waals surface area (Å²) in [5.41, 5.74) is 0.822. The van der Waals surface area contributed by atoms with E-state index in [4.69, 9.17) is 0 Å². The Balaban J connectivity index is 2.46. The SMILES string of the molecule is CNC(C)CCCCn1ncc(N(C)C)cc1=O. The normalized spacial score (nSPS) is 12.4. The van der Waals surface area contributed by atoms with E-state index in [0.717, 1.165) is 24.9 Å². The molecule has 0 fully saturated rings. The first-order chi connectivity index (χ1) is 8.54. The molecule has 0 saturated heterocycles. The highest BCUT2D eigenvalue weighted by molar-refractivity contribution is 5.40. The van der Waals surface area contributed by atoms with Crippen LogP contribution in [-0.4, -0.2) is 37.0 Å². The molecule has 0 spiro atoms. The number of nitrogens with zero attached hydrogens (tertiary/aromatic N) is 3. The van der Waals surface area contributed by atoms with Crippen LogP contribution in [0.25, 0.3) is 0 Å². The van der Waals surface area contributed by atoms with Crippen molar-refractivity contribution < 1.29 is 0 Å². The van der Waals surface area contributed by atoms with E-state index in [9.17, 15) is 4.79 Å². The van der Waals surface area contributed by atoms with E-state index in [1.165, 1.54) is 4.68 Å². The van der Waals surface area contributed by atoms with E-state index in [-0.39, 0.29) is 5.56 Å². The van der Waals surface area contributed by atoms with Gasteiger partial charge in [-0.1, -0.05) is 6.42 Å². The highest BCUT2D eigenvalue weighted by Gasteiger charge is 2.02. The summed E-state index contributed by atoms with van der Waals surface area (Å²) >= 11 is 0. The van der Waals surface area contributed by atoms with Gasteiger partial charge in [-0.05, 0) is 26.8 Å². The summed E-state index contributed by atoms with van der Waals surface area (Å²) in [5, 5.41) is 7.39. The smallest absolute Gasteiger partial charge is 0.268 e. The lowest BCUT2D eigenvalue weighted by atomic mass is 10.1. The molecule has 0 amide bonds. The number of hydrogen-bond donors (Lipinski definition) is 1. The van der Waals surface area contributed by atoms with Gasteiger partial charge in [0.25, 0.3) is 5.56 Å².